The number of benzene rings is 1. The monoisotopic (exact) mass is 145 g/mol. The van der Waals surface area contributed by atoms with Gasteiger partial charge < -0.3 is 0 Å². The Morgan fingerprint density at radius 2 is 1.91 bits per heavy atom. The fourth-order valence-electron chi connectivity index (χ4n) is 0.729. The van der Waals surface area contributed by atoms with Crippen LogP contribution in [0.2, 0.25) is 0 Å². The largest absolute Gasteiger partial charge is 0.257 e. The average Bonchev–Trinajstić information content (AvgIpc) is 2.07. The second kappa shape index (κ2) is 4.45. The summed E-state index contributed by atoms with van der Waals surface area (Å²) in [6.07, 6.45) is 5.65. The molecule has 11 heavy (non-hydrogen) atoms. The molecule has 1 nitrogen and oxygen atoms in total. The van der Waals surface area contributed by atoms with Crippen molar-refractivity contribution >= 4 is 11.9 Å². The van der Waals surface area contributed by atoms with Crippen LogP contribution >= 0.6 is 0 Å². The predicted octanol–water partition coefficient (Wildman–Crippen LogP) is 2.97. The molecule has 0 saturated heterocycles. The van der Waals surface area contributed by atoms with Crippen LogP contribution < -0.4 is 0 Å². The molecule has 0 bridgehead atoms. The zero-order chi connectivity index (χ0) is 7.94. The van der Waals surface area contributed by atoms with Crippen LogP contribution in [0.1, 0.15) is 6.92 Å². The van der Waals surface area contributed by atoms with E-state index in [9.17, 15) is 0 Å². The van der Waals surface area contributed by atoms with Crippen LogP contribution in [0.4, 0.5) is 5.69 Å². The van der Waals surface area contributed by atoms with Crippen molar-refractivity contribution in [2.24, 2.45) is 4.99 Å². The van der Waals surface area contributed by atoms with Crippen LogP contribution in [0.15, 0.2) is 47.5 Å². The molecule has 0 N–H and O–H groups in total. The maximum atomic E-state index is 4.18. The van der Waals surface area contributed by atoms with Crippen molar-refractivity contribution in [2.45, 2.75) is 6.92 Å². The van der Waals surface area contributed by atoms with Crippen LogP contribution in [0.5, 0.6) is 0 Å². The molecule has 1 aromatic carbocycles. The molecule has 0 aliphatic heterocycles. The second-order valence-corrected chi connectivity index (χ2v) is 2.14. The highest BCUT2D eigenvalue weighted by atomic mass is 14.7. The van der Waals surface area contributed by atoms with Crippen molar-refractivity contribution in [1.82, 2.24) is 0 Å². The van der Waals surface area contributed by atoms with Gasteiger partial charge in [0.1, 0.15) is 0 Å². The van der Waals surface area contributed by atoms with Gasteiger partial charge in [-0.25, -0.2) is 0 Å². The van der Waals surface area contributed by atoms with E-state index in [0.717, 1.165) is 5.69 Å². The van der Waals surface area contributed by atoms with Gasteiger partial charge in [-0.1, -0.05) is 24.3 Å². The fraction of sp³-hybridized carbons (Fsp3) is 0.100. The molecule has 0 radical (unpaired) electrons. The third-order valence-corrected chi connectivity index (χ3v) is 1.26. The number of para-hydroxylation sites is 1. The Hall–Kier alpha value is -1.37. The van der Waals surface area contributed by atoms with Crippen molar-refractivity contribution in [1.29, 1.82) is 0 Å². The molecular formula is C10H11N. The van der Waals surface area contributed by atoms with Gasteiger partial charge in [-0.3, -0.25) is 4.99 Å². The molecular weight excluding hydrogens is 134 g/mol. The molecule has 56 valence electrons. The lowest BCUT2D eigenvalue weighted by Crippen LogP contribution is -1.64. The number of hydrogen-bond donors (Lipinski definition) is 0. The highest BCUT2D eigenvalue weighted by Crippen LogP contribution is 2.07. The number of allylic oxidation sites excluding steroid dienone is 2. The van der Waals surface area contributed by atoms with E-state index < -0.39 is 0 Å². The number of hydrogen-bond acceptors (Lipinski definition) is 1. The first kappa shape index (κ1) is 7.73. The highest BCUT2D eigenvalue weighted by molar-refractivity contribution is 5.74. The van der Waals surface area contributed by atoms with E-state index >= 15 is 0 Å². The molecule has 0 heterocycles. The van der Waals surface area contributed by atoms with Gasteiger partial charge in [0.2, 0.25) is 0 Å². The topological polar surface area (TPSA) is 12.4 Å². The van der Waals surface area contributed by atoms with Crippen molar-refractivity contribution in [2.75, 3.05) is 0 Å². The van der Waals surface area contributed by atoms with E-state index in [2.05, 4.69) is 4.99 Å². The summed E-state index contributed by atoms with van der Waals surface area (Å²) in [5, 5.41) is 0. The van der Waals surface area contributed by atoms with Gasteiger partial charge >= 0.3 is 0 Å². The van der Waals surface area contributed by atoms with Gasteiger partial charge in [0.15, 0.2) is 0 Å². The smallest absolute Gasteiger partial charge is 0.0629 e. The van der Waals surface area contributed by atoms with Gasteiger partial charge in [-0.05, 0) is 25.1 Å². The third-order valence-electron chi connectivity index (χ3n) is 1.26. The molecule has 0 aliphatic carbocycles. The van der Waals surface area contributed by atoms with E-state index in [1.165, 1.54) is 0 Å². The first-order valence-corrected chi connectivity index (χ1v) is 3.64. The molecule has 0 unspecified atom stereocenters. The standard InChI is InChI=1S/C10H11N/c1-2-3-9-11-10-7-5-4-6-8-10/h2-9H,1H3. The van der Waals surface area contributed by atoms with Crippen LogP contribution in [0.3, 0.4) is 0 Å². The Labute approximate surface area is 67.1 Å². The normalized spacial score (nSPS) is 11.4. The summed E-state index contributed by atoms with van der Waals surface area (Å²) in [4.78, 5) is 4.18. The van der Waals surface area contributed by atoms with Crippen molar-refractivity contribution in [3.63, 3.8) is 0 Å². The van der Waals surface area contributed by atoms with Crippen LogP contribution in [-0.4, -0.2) is 6.21 Å². The Morgan fingerprint density at radius 3 is 2.55 bits per heavy atom. The first-order valence-electron chi connectivity index (χ1n) is 3.64. The van der Waals surface area contributed by atoms with E-state index in [1.54, 1.807) is 6.21 Å². The summed E-state index contributed by atoms with van der Waals surface area (Å²) in [5.41, 5.74) is 0.991. The Morgan fingerprint density at radius 1 is 1.18 bits per heavy atom. The summed E-state index contributed by atoms with van der Waals surface area (Å²) in [5.74, 6) is 0. The van der Waals surface area contributed by atoms with Gasteiger partial charge in [-0.2, -0.15) is 0 Å². The van der Waals surface area contributed by atoms with Crippen molar-refractivity contribution < 1.29 is 0 Å². The molecule has 0 saturated carbocycles. The van der Waals surface area contributed by atoms with Gasteiger partial charge in [0.25, 0.3) is 0 Å². The van der Waals surface area contributed by atoms with E-state index in [1.807, 2.05) is 49.4 Å². The maximum absolute atomic E-state index is 4.18. The predicted molar refractivity (Wildman–Crippen MR) is 49.4 cm³/mol. The average molecular weight is 145 g/mol. The SMILES string of the molecule is CC=CC=Nc1ccccc1. The summed E-state index contributed by atoms with van der Waals surface area (Å²) in [6, 6.07) is 9.87. The fourth-order valence-corrected chi connectivity index (χ4v) is 0.729. The molecule has 0 amide bonds. The lowest BCUT2D eigenvalue weighted by atomic mass is 10.3. The zero-order valence-corrected chi connectivity index (χ0v) is 6.57. The van der Waals surface area contributed by atoms with Crippen molar-refractivity contribution in [3.8, 4) is 0 Å². The van der Waals surface area contributed by atoms with Crippen LogP contribution in [0, 0.1) is 0 Å². The van der Waals surface area contributed by atoms with E-state index in [4.69, 9.17) is 0 Å². The van der Waals surface area contributed by atoms with E-state index in [0.29, 0.717) is 0 Å². The number of aliphatic imine (C=N–C) groups is 1. The van der Waals surface area contributed by atoms with E-state index in [-0.39, 0.29) is 0 Å². The summed E-state index contributed by atoms with van der Waals surface area (Å²) >= 11 is 0. The molecule has 0 atom stereocenters. The van der Waals surface area contributed by atoms with Gasteiger partial charge in [0.05, 0.1) is 5.69 Å². The lowest BCUT2D eigenvalue weighted by Gasteiger charge is -1.87. The molecule has 0 spiro atoms. The second-order valence-electron chi connectivity index (χ2n) is 2.14. The third kappa shape index (κ3) is 2.80. The zero-order valence-electron chi connectivity index (χ0n) is 6.57. The Bertz CT molecular complexity index is 247. The van der Waals surface area contributed by atoms with Crippen molar-refractivity contribution in [3.05, 3.63) is 42.5 Å². The Balaban J connectivity index is 2.64. The summed E-state index contributed by atoms with van der Waals surface area (Å²) < 4.78 is 0. The molecule has 1 heteroatoms. The lowest BCUT2D eigenvalue weighted by molar-refractivity contribution is 1.54. The quantitative estimate of drug-likeness (QED) is 0.567. The van der Waals surface area contributed by atoms with Crippen LogP contribution in [-0.2, 0) is 0 Å². The molecule has 1 rings (SSSR count). The minimum Gasteiger partial charge on any atom is -0.257 e. The summed E-state index contributed by atoms with van der Waals surface area (Å²) in [7, 11) is 0. The summed E-state index contributed by atoms with van der Waals surface area (Å²) in [6.45, 7) is 1.97. The minimum absolute atomic E-state index is 0.991. The Kier molecular flexibility index (Phi) is 3.13. The molecule has 0 aliphatic rings. The highest BCUT2D eigenvalue weighted by Gasteiger charge is 1.79. The number of nitrogens with zero attached hydrogens (tertiary/aromatic N) is 1. The first-order chi connectivity index (χ1) is 5.43. The molecule has 0 aromatic heterocycles. The van der Waals surface area contributed by atoms with Gasteiger partial charge in [0, 0.05) is 6.21 Å². The number of rotatable bonds is 2. The van der Waals surface area contributed by atoms with Gasteiger partial charge in [-0.15, -0.1) is 0 Å². The minimum atomic E-state index is 0.991. The molecule has 1 aromatic rings. The molecule has 0 fully saturated rings. The van der Waals surface area contributed by atoms with Crippen LogP contribution in [0.25, 0.3) is 0 Å². The maximum Gasteiger partial charge on any atom is 0.0629 e.